The van der Waals surface area contributed by atoms with Crippen LogP contribution in [0.3, 0.4) is 0 Å². The Morgan fingerprint density at radius 2 is 1.88 bits per heavy atom. The minimum absolute atomic E-state index is 0.0195. The summed E-state index contributed by atoms with van der Waals surface area (Å²) in [5.41, 5.74) is 1.92. The van der Waals surface area contributed by atoms with Crippen molar-refractivity contribution in [1.82, 2.24) is 9.80 Å². The quantitative estimate of drug-likeness (QED) is 0.620. The number of hydrogen-bond donors (Lipinski definition) is 2. The van der Waals surface area contributed by atoms with Crippen LogP contribution in [0.2, 0.25) is 0 Å². The lowest BCUT2D eigenvalue weighted by Gasteiger charge is -2.33. The summed E-state index contributed by atoms with van der Waals surface area (Å²) in [5, 5.41) is 9.72. The van der Waals surface area contributed by atoms with Crippen molar-refractivity contribution in [2.75, 3.05) is 38.5 Å². The first kappa shape index (κ1) is 26.0. The number of fused-ring (bicyclic) bond motifs is 1. The number of carbonyl (C=O) groups excluding carboxylic acids is 1. The number of sulfonamides is 1. The molecular formula is C25H35N3O5S. The zero-order chi connectivity index (χ0) is 25.0. The van der Waals surface area contributed by atoms with Crippen molar-refractivity contribution in [2.24, 2.45) is 5.92 Å². The van der Waals surface area contributed by atoms with Gasteiger partial charge in [0.1, 0.15) is 11.9 Å². The molecule has 2 N–H and O–H groups in total. The van der Waals surface area contributed by atoms with E-state index in [9.17, 15) is 18.3 Å². The van der Waals surface area contributed by atoms with Crippen LogP contribution >= 0.6 is 0 Å². The second kappa shape index (κ2) is 10.8. The number of aliphatic hydroxyl groups excluding tert-OH is 1. The average molecular weight is 490 g/mol. The number of carbonyl (C=O) groups is 1. The molecule has 3 rings (SSSR count). The summed E-state index contributed by atoms with van der Waals surface area (Å²) in [6.07, 6.45) is -0.149. The molecule has 0 fully saturated rings. The van der Waals surface area contributed by atoms with Gasteiger partial charge in [-0.3, -0.25) is 9.52 Å². The van der Waals surface area contributed by atoms with E-state index in [1.54, 1.807) is 47.4 Å². The van der Waals surface area contributed by atoms with Crippen LogP contribution in [0.5, 0.6) is 5.75 Å². The molecule has 1 heterocycles. The van der Waals surface area contributed by atoms with Crippen molar-refractivity contribution in [2.45, 2.75) is 44.2 Å². The van der Waals surface area contributed by atoms with Gasteiger partial charge in [0.15, 0.2) is 0 Å². The topological polar surface area (TPSA) is 99.2 Å². The lowest BCUT2D eigenvalue weighted by atomic mass is 10.0. The molecule has 1 aliphatic heterocycles. The molecule has 0 saturated heterocycles. The summed E-state index contributed by atoms with van der Waals surface area (Å²) >= 11 is 0. The Kier molecular flexibility index (Phi) is 8.22. The van der Waals surface area contributed by atoms with E-state index in [4.69, 9.17) is 4.74 Å². The fourth-order valence-electron chi connectivity index (χ4n) is 4.00. The first-order chi connectivity index (χ1) is 16.0. The number of amides is 1. The number of nitrogens with one attached hydrogen (secondary N) is 1. The van der Waals surface area contributed by atoms with Crippen LogP contribution in [0, 0.1) is 12.8 Å². The van der Waals surface area contributed by atoms with E-state index in [0.717, 1.165) is 5.56 Å². The Bertz CT molecular complexity index is 1100. The number of anilines is 1. The second-order valence-corrected chi connectivity index (χ2v) is 11.1. The molecule has 0 aliphatic carbocycles. The molecule has 0 saturated carbocycles. The van der Waals surface area contributed by atoms with E-state index < -0.39 is 10.0 Å². The summed E-state index contributed by atoms with van der Waals surface area (Å²) in [5.74, 6) is 0.442. The highest BCUT2D eigenvalue weighted by molar-refractivity contribution is 7.92. The molecule has 2 aromatic rings. The highest BCUT2D eigenvalue weighted by atomic mass is 32.2. The lowest BCUT2D eigenvalue weighted by molar-refractivity contribution is -0.134. The van der Waals surface area contributed by atoms with Gasteiger partial charge in [-0.25, -0.2) is 8.42 Å². The van der Waals surface area contributed by atoms with Crippen molar-refractivity contribution in [3.8, 4) is 5.75 Å². The predicted octanol–water partition coefficient (Wildman–Crippen LogP) is 2.51. The number of aliphatic hydroxyl groups is 1. The first-order valence-electron chi connectivity index (χ1n) is 11.4. The molecule has 0 radical (unpaired) electrons. The Morgan fingerprint density at radius 3 is 2.50 bits per heavy atom. The maximum Gasteiger partial charge on any atom is 0.261 e. The van der Waals surface area contributed by atoms with Crippen LogP contribution in [0.25, 0.3) is 0 Å². The molecule has 8 nitrogen and oxygen atoms in total. The Labute approximate surface area is 202 Å². The second-order valence-electron chi connectivity index (χ2n) is 9.39. The van der Waals surface area contributed by atoms with Crippen molar-refractivity contribution < 1.29 is 23.1 Å². The zero-order valence-corrected chi connectivity index (χ0v) is 21.3. The molecule has 3 atom stereocenters. The molecule has 9 heteroatoms. The fourth-order valence-corrected chi connectivity index (χ4v) is 5.05. The van der Waals surface area contributed by atoms with Crippen molar-refractivity contribution in [3.63, 3.8) is 0 Å². The highest BCUT2D eigenvalue weighted by Crippen LogP contribution is 2.30. The van der Waals surface area contributed by atoms with Gasteiger partial charge in [0.25, 0.3) is 10.0 Å². The first-order valence-corrected chi connectivity index (χ1v) is 12.9. The highest BCUT2D eigenvalue weighted by Gasteiger charge is 2.31. The van der Waals surface area contributed by atoms with Crippen LogP contribution in [0.4, 0.5) is 5.69 Å². The van der Waals surface area contributed by atoms with Crippen LogP contribution in [-0.4, -0.2) is 75.2 Å². The minimum Gasteiger partial charge on any atom is -0.488 e. The normalized spacial score (nSPS) is 20.1. The maximum atomic E-state index is 13.2. The third-order valence-corrected chi connectivity index (χ3v) is 7.44. The zero-order valence-electron chi connectivity index (χ0n) is 20.5. The number of hydrogen-bond acceptors (Lipinski definition) is 6. The molecule has 0 bridgehead atoms. The summed E-state index contributed by atoms with van der Waals surface area (Å²) in [4.78, 5) is 17.1. The van der Waals surface area contributed by atoms with Gasteiger partial charge in [0.2, 0.25) is 5.91 Å². The van der Waals surface area contributed by atoms with E-state index in [0.29, 0.717) is 30.1 Å². The van der Waals surface area contributed by atoms with Crippen LogP contribution in [0.1, 0.15) is 25.0 Å². The van der Waals surface area contributed by atoms with Crippen molar-refractivity contribution in [1.29, 1.82) is 0 Å². The molecule has 1 aliphatic rings. The summed E-state index contributed by atoms with van der Waals surface area (Å²) in [6.45, 7) is 6.72. The van der Waals surface area contributed by atoms with E-state index in [1.807, 2.05) is 39.8 Å². The standard InChI is InChI=1S/C25H35N3O5S/c1-17-6-9-22(10-7-17)34(31,32)26-21-8-11-23-20(12-21)13-25(30)28(19(3)16-29)14-18(2)24(33-23)15-27(4)5/h6-12,18-19,24,26,29H,13-16H2,1-5H3/t18-,19-,24+/m1/s1. The molecule has 34 heavy (non-hydrogen) atoms. The lowest BCUT2D eigenvalue weighted by Crippen LogP contribution is -2.47. The molecule has 1 amide bonds. The molecule has 186 valence electrons. The van der Waals surface area contributed by atoms with Crippen LogP contribution < -0.4 is 9.46 Å². The molecule has 0 unspecified atom stereocenters. The van der Waals surface area contributed by atoms with Gasteiger partial charge < -0.3 is 19.6 Å². The summed E-state index contributed by atoms with van der Waals surface area (Å²) < 4.78 is 34.7. The number of likely N-dealkylation sites (N-methyl/N-ethyl adjacent to an activating group) is 1. The number of rotatable bonds is 7. The number of benzene rings is 2. The van der Waals surface area contributed by atoms with Crippen LogP contribution in [-0.2, 0) is 21.2 Å². The molecule has 2 aromatic carbocycles. The number of nitrogens with zero attached hydrogens (tertiary/aromatic N) is 2. The van der Waals surface area contributed by atoms with Gasteiger partial charge in [0.05, 0.1) is 24.0 Å². The Hall–Kier alpha value is -2.62. The third kappa shape index (κ3) is 6.28. The van der Waals surface area contributed by atoms with Gasteiger partial charge >= 0.3 is 0 Å². The maximum absolute atomic E-state index is 13.2. The minimum atomic E-state index is -3.78. The fraction of sp³-hybridized carbons (Fsp3) is 0.480. The van der Waals surface area contributed by atoms with Gasteiger partial charge in [-0.05, 0) is 58.3 Å². The smallest absolute Gasteiger partial charge is 0.261 e. The van der Waals surface area contributed by atoms with Crippen LogP contribution in [0.15, 0.2) is 47.4 Å². The molecule has 0 spiro atoms. The molecular weight excluding hydrogens is 454 g/mol. The van der Waals surface area contributed by atoms with E-state index >= 15 is 0 Å². The van der Waals surface area contributed by atoms with Crippen molar-refractivity contribution >= 4 is 21.6 Å². The average Bonchev–Trinajstić information content (AvgIpc) is 2.81. The van der Waals surface area contributed by atoms with E-state index in [1.165, 1.54) is 0 Å². The SMILES string of the molecule is Cc1ccc(S(=O)(=O)Nc2ccc3c(c2)CC(=O)N([C@H](C)CO)C[C@@H](C)[C@H](CN(C)C)O3)cc1. The Morgan fingerprint density at radius 1 is 1.21 bits per heavy atom. The van der Waals surface area contributed by atoms with Gasteiger partial charge in [-0.2, -0.15) is 0 Å². The van der Waals surface area contributed by atoms with E-state index in [2.05, 4.69) is 4.72 Å². The monoisotopic (exact) mass is 489 g/mol. The molecule has 0 aromatic heterocycles. The van der Waals surface area contributed by atoms with E-state index in [-0.39, 0.29) is 41.9 Å². The summed E-state index contributed by atoms with van der Waals surface area (Å²) in [7, 11) is 0.145. The predicted molar refractivity (Wildman–Crippen MR) is 133 cm³/mol. The Balaban J connectivity index is 1.97. The van der Waals surface area contributed by atoms with Crippen molar-refractivity contribution in [3.05, 3.63) is 53.6 Å². The largest absolute Gasteiger partial charge is 0.488 e. The van der Waals surface area contributed by atoms with Gasteiger partial charge in [-0.1, -0.05) is 24.6 Å². The summed E-state index contributed by atoms with van der Waals surface area (Å²) in [6, 6.07) is 11.3. The third-order valence-electron chi connectivity index (χ3n) is 6.05. The number of ether oxygens (including phenoxy) is 1. The number of aryl methyl sites for hydroxylation is 1. The van der Waals surface area contributed by atoms with Gasteiger partial charge in [-0.15, -0.1) is 0 Å². The van der Waals surface area contributed by atoms with Gasteiger partial charge in [0, 0.05) is 30.3 Å².